The zero-order valence-electron chi connectivity index (χ0n) is 6.49. The lowest BCUT2D eigenvalue weighted by molar-refractivity contribution is -0.117. The van der Waals surface area contributed by atoms with Gasteiger partial charge >= 0.3 is 0 Å². The number of amides is 1. The molecule has 1 N–H and O–H groups in total. The van der Waals surface area contributed by atoms with E-state index in [2.05, 4.69) is 4.72 Å². The second-order valence-electron chi connectivity index (χ2n) is 1.40. The van der Waals surface area contributed by atoms with E-state index in [9.17, 15) is 4.79 Å². The first kappa shape index (κ1) is 11.5. The number of nitrogens with one attached hydrogen (secondary N) is 1. The monoisotopic (exact) mass is 215 g/mol. The number of carbonyl (C=O) groups is 1. The van der Waals surface area contributed by atoms with Crippen molar-refractivity contribution in [2.24, 2.45) is 0 Å². The van der Waals surface area contributed by atoms with Crippen molar-refractivity contribution in [1.82, 2.24) is 4.72 Å². The van der Waals surface area contributed by atoms with Crippen molar-refractivity contribution in [3.63, 3.8) is 0 Å². The van der Waals surface area contributed by atoms with Gasteiger partial charge in [-0.05, 0) is 0 Å². The normalized spacial score (nSPS) is 10.2. The van der Waals surface area contributed by atoms with Crippen LogP contribution in [0.15, 0.2) is 0 Å². The van der Waals surface area contributed by atoms with E-state index in [0.29, 0.717) is 0 Å². The van der Waals surface area contributed by atoms with Gasteiger partial charge in [-0.2, -0.15) is 0 Å². The summed E-state index contributed by atoms with van der Waals surface area (Å²) in [5, 5.41) is 0. The van der Waals surface area contributed by atoms with E-state index in [1.54, 1.807) is 14.2 Å². The van der Waals surface area contributed by atoms with Gasteiger partial charge < -0.3 is 9.05 Å². The standard InChI is InChI=1S/C4H10NO3PS2/c1-4(6)5-10-11-9(7-2)8-3/h1-3H3,(H,5,6). The Balaban J connectivity index is 3.28. The average Bonchev–Trinajstić information content (AvgIpc) is 1.98. The van der Waals surface area contributed by atoms with Crippen LogP contribution < -0.4 is 4.72 Å². The van der Waals surface area contributed by atoms with E-state index in [1.807, 2.05) is 0 Å². The van der Waals surface area contributed by atoms with Gasteiger partial charge in [-0.15, -0.1) is 0 Å². The second-order valence-corrected chi connectivity index (χ2v) is 6.29. The molecule has 66 valence electrons. The molecule has 0 heterocycles. The fraction of sp³-hybridized carbons (Fsp3) is 0.750. The Morgan fingerprint density at radius 2 is 2.00 bits per heavy atom. The topological polar surface area (TPSA) is 47.6 Å². The smallest absolute Gasteiger partial charge is 0.250 e. The second kappa shape index (κ2) is 7.18. The molecule has 0 saturated heterocycles. The van der Waals surface area contributed by atoms with Crippen LogP contribution in [0.3, 0.4) is 0 Å². The fourth-order valence-corrected chi connectivity index (χ4v) is 3.72. The quantitative estimate of drug-likeness (QED) is 0.431. The Morgan fingerprint density at radius 3 is 2.36 bits per heavy atom. The Labute approximate surface area is 75.0 Å². The molecule has 4 nitrogen and oxygen atoms in total. The molecule has 0 rings (SSSR count). The van der Waals surface area contributed by atoms with Crippen LogP contribution in [0.4, 0.5) is 0 Å². The highest BCUT2D eigenvalue weighted by atomic mass is 33.3. The summed E-state index contributed by atoms with van der Waals surface area (Å²) >= 11 is 0. The lowest BCUT2D eigenvalue weighted by atomic mass is 10.8. The molecule has 0 saturated carbocycles. The SMILES string of the molecule is COP(OC)SSNC(C)=O. The largest absolute Gasteiger partial charge is 0.329 e. The van der Waals surface area contributed by atoms with E-state index in [-0.39, 0.29) is 5.91 Å². The summed E-state index contributed by atoms with van der Waals surface area (Å²) < 4.78 is 12.4. The molecule has 0 radical (unpaired) electrons. The van der Waals surface area contributed by atoms with E-state index in [0.717, 1.165) is 0 Å². The Kier molecular flexibility index (Phi) is 7.52. The van der Waals surface area contributed by atoms with Crippen molar-refractivity contribution in [3.8, 4) is 0 Å². The summed E-state index contributed by atoms with van der Waals surface area (Å²) in [5.41, 5.74) is 0. The zero-order chi connectivity index (χ0) is 8.69. The first-order chi connectivity index (χ1) is 5.20. The summed E-state index contributed by atoms with van der Waals surface area (Å²) in [6.07, 6.45) is 0. The molecule has 0 aliphatic heterocycles. The van der Waals surface area contributed by atoms with Crippen molar-refractivity contribution in [1.29, 1.82) is 0 Å². The molecule has 0 aliphatic rings. The van der Waals surface area contributed by atoms with Crippen LogP contribution >= 0.6 is 29.0 Å². The van der Waals surface area contributed by atoms with Gasteiger partial charge in [0.2, 0.25) is 13.5 Å². The maximum absolute atomic E-state index is 10.4. The molecule has 7 heteroatoms. The summed E-state index contributed by atoms with van der Waals surface area (Å²) in [4.78, 5) is 10.4. The summed E-state index contributed by atoms with van der Waals surface area (Å²) in [6.45, 7) is 1.45. The molecular weight excluding hydrogens is 205 g/mol. The molecular formula is C4H10NO3PS2. The first-order valence-electron chi connectivity index (χ1n) is 2.69. The maximum Gasteiger partial charge on any atom is 0.250 e. The molecule has 0 spiro atoms. The Bertz CT molecular complexity index is 122. The van der Waals surface area contributed by atoms with Crippen molar-refractivity contribution in [3.05, 3.63) is 0 Å². The van der Waals surface area contributed by atoms with Crippen molar-refractivity contribution in [2.75, 3.05) is 14.2 Å². The number of rotatable bonds is 5. The van der Waals surface area contributed by atoms with Crippen LogP contribution in [0.25, 0.3) is 0 Å². The summed E-state index contributed by atoms with van der Waals surface area (Å²) in [5.74, 6) is -0.0790. The lowest BCUT2D eigenvalue weighted by Crippen LogP contribution is -2.07. The zero-order valence-corrected chi connectivity index (χ0v) is 9.02. The molecule has 0 aliphatic carbocycles. The summed E-state index contributed by atoms with van der Waals surface area (Å²) in [7, 11) is 4.78. The van der Waals surface area contributed by atoms with Crippen molar-refractivity contribution < 1.29 is 13.8 Å². The molecule has 1 amide bonds. The minimum Gasteiger partial charge on any atom is -0.329 e. The van der Waals surface area contributed by atoms with E-state index in [4.69, 9.17) is 9.05 Å². The third-order valence-corrected chi connectivity index (χ3v) is 5.24. The van der Waals surface area contributed by atoms with Crippen LogP contribution in [0.5, 0.6) is 0 Å². The molecule has 0 aromatic rings. The van der Waals surface area contributed by atoms with Crippen molar-refractivity contribution in [2.45, 2.75) is 6.92 Å². The summed E-state index contributed by atoms with van der Waals surface area (Å²) in [6, 6.07) is 0. The highest BCUT2D eigenvalue weighted by molar-refractivity contribution is 8.97. The van der Waals surface area contributed by atoms with E-state index in [1.165, 1.54) is 28.3 Å². The average molecular weight is 215 g/mol. The fourth-order valence-electron chi connectivity index (χ4n) is 0.243. The highest BCUT2D eigenvalue weighted by Crippen LogP contribution is 2.55. The molecule has 0 aromatic carbocycles. The molecule has 0 fully saturated rings. The van der Waals surface area contributed by atoms with Gasteiger partial charge in [-0.1, -0.05) is 0 Å². The van der Waals surface area contributed by atoms with Crippen LogP contribution in [0.2, 0.25) is 0 Å². The Morgan fingerprint density at radius 1 is 1.45 bits per heavy atom. The van der Waals surface area contributed by atoms with Gasteiger partial charge in [-0.3, -0.25) is 9.52 Å². The van der Waals surface area contributed by atoms with Crippen LogP contribution in [-0.4, -0.2) is 20.1 Å². The maximum atomic E-state index is 10.4. The lowest BCUT2D eigenvalue weighted by Gasteiger charge is -2.08. The molecule has 0 atom stereocenters. The van der Waals surface area contributed by atoms with Crippen LogP contribution in [0, 0.1) is 0 Å². The minimum absolute atomic E-state index is 0.0790. The van der Waals surface area contributed by atoms with Crippen LogP contribution in [-0.2, 0) is 13.8 Å². The van der Waals surface area contributed by atoms with Gasteiger partial charge in [-0.25, -0.2) is 0 Å². The third-order valence-electron chi connectivity index (χ3n) is 0.582. The van der Waals surface area contributed by atoms with Gasteiger partial charge in [0.15, 0.2) is 0 Å². The van der Waals surface area contributed by atoms with E-state index >= 15 is 0 Å². The van der Waals surface area contributed by atoms with Crippen LogP contribution in [0.1, 0.15) is 6.92 Å². The Hall–Kier alpha value is 0.520. The van der Waals surface area contributed by atoms with Gasteiger partial charge in [0.05, 0.1) is 0 Å². The highest BCUT2D eigenvalue weighted by Gasteiger charge is 2.07. The van der Waals surface area contributed by atoms with Gasteiger partial charge in [0.25, 0.3) is 0 Å². The molecule has 0 unspecified atom stereocenters. The van der Waals surface area contributed by atoms with Gasteiger partial charge in [0.1, 0.15) is 0 Å². The molecule has 0 bridgehead atoms. The predicted molar refractivity (Wildman–Crippen MR) is 49.9 cm³/mol. The minimum atomic E-state index is -0.922. The van der Waals surface area contributed by atoms with Gasteiger partial charge in [0, 0.05) is 42.5 Å². The van der Waals surface area contributed by atoms with Crippen molar-refractivity contribution >= 4 is 34.9 Å². The number of carbonyl (C=O) groups excluding carboxylic acids is 1. The number of hydrogen-bond donors (Lipinski definition) is 1. The molecule has 11 heavy (non-hydrogen) atoms. The van der Waals surface area contributed by atoms with E-state index < -0.39 is 7.58 Å². The predicted octanol–water partition coefficient (Wildman–Crippen LogP) is 1.94. The third kappa shape index (κ3) is 6.90. The first-order valence-corrected chi connectivity index (χ1v) is 6.62. The molecule has 0 aromatic heterocycles. The number of hydrogen-bond acceptors (Lipinski definition) is 5.